The molecule has 0 aliphatic carbocycles. The smallest absolute Gasteiger partial charge is 0.254 e. The summed E-state index contributed by atoms with van der Waals surface area (Å²) >= 11 is 0. The van der Waals surface area contributed by atoms with E-state index in [1.165, 1.54) is 0 Å². The summed E-state index contributed by atoms with van der Waals surface area (Å²) in [6, 6.07) is 7.31. The number of nitrogens with one attached hydrogen (secondary N) is 2. The molecule has 18 nitrogen and oxygen atoms in total. The molecule has 4 unspecified atom stereocenters. The van der Waals surface area contributed by atoms with E-state index in [1.54, 1.807) is 24.5 Å². The lowest BCUT2D eigenvalue weighted by Gasteiger charge is -2.37. The van der Waals surface area contributed by atoms with E-state index >= 15 is 0 Å². The molecule has 3 saturated heterocycles. The van der Waals surface area contributed by atoms with Crippen LogP contribution in [0.4, 0.5) is 0 Å². The van der Waals surface area contributed by atoms with E-state index in [-0.39, 0.29) is 58.8 Å². The van der Waals surface area contributed by atoms with Crippen molar-refractivity contribution in [3.8, 4) is 11.4 Å². The van der Waals surface area contributed by atoms with Crippen LogP contribution in [0.5, 0.6) is 0 Å². The topological polar surface area (TPSA) is 201 Å². The lowest BCUT2D eigenvalue weighted by molar-refractivity contribution is -0.153. The maximum atomic E-state index is 13.6. The summed E-state index contributed by atoms with van der Waals surface area (Å²) in [5, 5.41) is 50.5. The van der Waals surface area contributed by atoms with Crippen LogP contribution in [0.15, 0.2) is 43.2 Å². The Morgan fingerprint density at radius 3 is 1.76 bits per heavy atom. The molecule has 18 heteroatoms. The minimum absolute atomic E-state index is 0.0238. The first-order chi connectivity index (χ1) is 30.0. The second-order valence-electron chi connectivity index (χ2n) is 16.9. The summed E-state index contributed by atoms with van der Waals surface area (Å²) in [6.07, 6.45) is 1.00. The maximum Gasteiger partial charge on any atom is 0.254 e. The Labute approximate surface area is 367 Å². The number of likely N-dealkylation sites (N-methyl/N-ethyl adjacent to an activating group) is 1. The summed E-state index contributed by atoms with van der Waals surface area (Å²) in [5.74, 6) is -0.0818. The minimum atomic E-state index is -0.905. The highest BCUT2D eigenvalue weighted by atomic mass is 16.5. The highest BCUT2D eigenvalue weighted by Crippen LogP contribution is 2.24. The maximum absolute atomic E-state index is 13.6. The average molecular weight is 872 g/mol. The van der Waals surface area contributed by atoms with Crippen LogP contribution in [0.25, 0.3) is 17.0 Å². The molecule has 3 aliphatic rings. The number of ether oxygens (including phenoxy) is 4. The lowest BCUT2D eigenvalue weighted by atomic mass is 9.92. The Morgan fingerprint density at radius 2 is 1.24 bits per heavy atom. The van der Waals surface area contributed by atoms with Gasteiger partial charge in [0, 0.05) is 110 Å². The molecule has 0 bridgehead atoms. The number of aliphatic hydroxyl groups excluding tert-OH is 4. The summed E-state index contributed by atoms with van der Waals surface area (Å²) in [5.41, 5.74) is 2.81. The van der Waals surface area contributed by atoms with Crippen LogP contribution < -0.4 is 10.6 Å². The van der Waals surface area contributed by atoms with E-state index in [1.807, 2.05) is 52.6 Å². The van der Waals surface area contributed by atoms with Gasteiger partial charge in [0.15, 0.2) is 0 Å². The van der Waals surface area contributed by atoms with Gasteiger partial charge in [-0.1, -0.05) is 19.1 Å². The number of pyridine rings is 2. The van der Waals surface area contributed by atoms with Crippen molar-refractivity contribution in [3.63, 3.8) is 0 Å². The molecule has 0 saturated carbocycles. The predicted molar refractivity (Wildman–Crippen MR) is 236 cm³/mol. The summed E-state index contributed by atoms with van der Waals surface area (Å²) < 4.78 is 24.8. The number of rotatable bonds is 26. The van der Waals surface area contributed by atoms with Gasteiger partial charge in [-0.05, 0) is 50.2 Å². The first kappa shape index (κ1) is 50.0. The minimum Gasteiger partial charge on any atom is -0.389 e. The van der Waals surface area contributed by atoms with Crippen molar-refractivity contribution in [2.24, 2.45) is 5.41 Å². The molecule has 0 spiro atoms. The largest absolute Gasteiger partial charge is 0.389 e. The molecule has 1 amide bonds. The van der Waals surface area contributed by atoms with Crippen LogP contribution in [-0.4, -0.2) is 237 Å². The lowest BCUT2D eigenvalue weighted by Crippen LogP contribution is -2.51. The third-order valence-electron chi connectivity index (χ3n) is 11.6. The van der Waals surface area contributed by atoms with E-state index in [2.05, 4.69) is 32.1 Å². The van der Waals surface area contributed by atoms with E-state index in [4.69, 9.17) is 18.9 Å². The van der Waals surface area contributed by atoms with Gasteiger partial charge in [0.25, 0.3) is 5.91 Å². The predicted octanol–water partition coefficient (Wildman–Crippen LogP) is -0.544. The fourth-order valence-corrected chi connectivity index (χ4v) is 7.81. The number of hydrogen-bond acceptors (Lipinski definition) is 17. The van der Waals surface area contributed by atoms with E-state index in [0.717, 1.165) is 43.7 Å². The van der Waals surface area contributed by atoms with Crippen LogP contribution in [0.3, 0.4) is 0 Å². The molecule has 5 heterocycles. The van der Waals surface area contributed by atoms with Gasteiger partial charge in [-0.2, -0.15) is 0 Å². The molecule has 0 aromatic carbocycles. The zero-order valence-corrected chi connectivity index (χ0v) is 37.2. The first-order valence-corrected chi connectivity index (χ1v) is 22.2. The molecule has 62 heavy (non-hydrogen) atoms. The molecule has 348 valence electrons. The second kappa shape index (κ2) is 26.0. The highest BCUT2D eigenvalue weighted by molar-refractivity contribution is 5.95. The van der Waals surface area contributed by atoms with Crippen LogP contribution in [-0.2, 0) is 18.9 Å². The van der Waals surface area contributed by atoms with E-state index in [0.29, 0.717) is 82.4 Å². The summed E-state index contributed by atoms with van der Waals surface area (Å²) in [4.78, 5) is 32.2. The number of carbonyl (C=O) groups is 1. The van der Waals surface area contributed by atoms with Crippen molar-refractivity contribution in [2.45, 2.75) is 45.1 Å². The van der Waals surface area contributed by atoms with E-state index < -0.39 is 30.2 Å². The Hall–Kier alpha value is -3.05. The van der Waals surface area contributed by atoms with Gasteiger partial charge in [-0.3, -0.25) is 34.4 Å². The number of amides is 1. The molecular formula is C44H73N9O9. The van der Waals surface area contributed by atoms with Crippen molar-refractivity contribution in [1.29, 1.82) is 0 Å². The standard InChI is InChI=1S/C44H73N9O9/c1-5-14-49(4)40(55)27-60-31-44(32-61-28-41(56)51-15-10-45-11-16-51,33-62-29-42(57)52-17-12-46-13-18-52)30-59-26-37(54)25-50-19-21-53(22-20-50)43(58)36-7-9-48-39(24-36)38-23-35(34(2)3)6-8-47-38/h6-9,23-24,37,40-42,45-46,54-57H,2,5,10-22,25-33H2,1,3-4H3. The Kier molecular flexibility index (Phi) is 21.0. The molecule has 3 aliphatic heterocycles. The molecule has 2 aromatic rings. The Balaban J connectivity index is 1.16. The molecule has 3 fully saturated rings. The number of β-amino-alcohol motifs (C(OH)–C–C–N with tert-alkyl or cyclic N) is 1. The van der Waals surface area contributed by atoms with Crippen molar-refractivity contribution >= 4 is 11.5 Å². The van der Waals surface area contributed by atoms with Gasteiger partial charge in [0.2, 0.25) is 0 Å². The number of nitrogens with zero attached hydrogens (tertiary/aromatic N) is 7. The SMILES string of the molecule is C=C(C)c1ccnc(-c2cc(C(=O)N3CCN(CC(O)COCC(COCC(O)N(C)CCC)(COCC(O)N4CCNCC4)COCC(O)N4CCNCC4)CC3)ccn2)c1. The molecule has 2 aromatic heterocycles. The zero-order chi connectivity index (χ0) is 44.3. The highest BCUT2D eigenvalue weighted by Gasteiger charge is 2.35. The van der Waals surface area contributed by atoms with Gasteiger partial charge >= 0.3 is 0 Å². The van der Waals surface area contributed by atoms with Gasteiger partial charge in [0.05, 0.1) is 75.8 Å². The number of aromatic nitrogens is 2. The van der Waals surface area contributed by atoms with E-state index in [9.17, 15) is 25.2 Å². The van der Waals surface area contributed by atoms with Crippen LogP contribution in [0.1, 0.15) is 36.2 Å². The quantitative estimate of drug-likeness (QED) is 0.0658. The van der Waals surface area contributed by atoms with Crippen molar-refractivity contribution in [3.05, 3.63) is 54.4 Å². The molecular weight excluding hydrogens is 799 g/mol. The molecule has 4 atom stereocenters. The fraction of sp³-hybridized carbons (Fsp3) is 0.705. The normalized spacial score (nSPS) is 20.2. The zero-order valence-electron chi connectivity index (χ0n) is 37.2. The molecule has 0 radical (unpaired) electrons. The van der Waals surface area contributed by atoms with Crippen molar-refractivity contribution < 1.29 is 44.2 Å². The summed E-state index contributed by atoms with van der Waals surface area (Å²) in [6.45, 7) is 17.8. The van der Waals surface area contributed by atoms with Gasteiger partial charge in [0.1, 0.15) is 18.7 Å². The van der Waals surface area contributed by atoms with Gasteiger partial charge in [-0.15, -0.1) is 0 Å². The Morgan fingerprint density at radius 1 is 0.758 bits per heavy atom. The number of piperazine rings is 3. The molecule has 6 N–H and O–H groups in total. The Bertz CT molecular complexity index is 1600. The van der Waals surface area contributed by atoms with Crippen molar-refractivity contribution in [2.75, 3.05) is 152 Å². The fourth-order valence-electron chi connectivity index (χ4n) is 7.81. The number of hydrogen-bond donors (Lipinski definition) is 6. The van der Waals surface area contributed by atoms with Gasteiger partial charge in [-0.25, -0.2) is 0 Å². The third-order valence-corrected chi connectivity index (χ3v) is 11.6. The number of aliphatic hydroxyl groups is 4. The van der Waals surface area contributed by atoms with Crippen LogP contribution in [0, 0.1) is 5.41 Å². The monoisotopic (exact) mass is 872 g/mol. The third kappa shape index (κ3) is 15.9. The second-order valence-corrected chi connectivity index (χ2v) is 16.9. The van der Waals surface area contributed by atoms with Gasteiger partial charge < -0.3 is 54.9 Å². The van der Waals surface area contributed by atoms with Crippen LogP contribution >= 0.6 is 0 Å². The number of allylic oxidation sites excluding steroid dienone is 1. The van der Waals surface area contributed by atoms with Crippen molar-refractivity contribution in [1.82, 2.24) is 45.1 Å². The summed E-state index contributed by atoms with van der Waals surface area (Å²) in [7, 11) is 1.84. The number of carbonyl (C=O) groups excluding carboxylic acids is 1. The van der Waals surface area contributed by atoms with Crippen LogP contribution in [0.2, 0.25) is 0 Å². The average Bonchev–Trinajstić information content (AvgIpc) is 3.29. The molecule has 5 rings (SSSR count). The first-order valence-electron chi connectivity index (χ1n) is 22.2.